The van der Waals surface area contributed by atoms with Crippen LogP contribution < -0.4 is 18.9 Å². The number of sulfonamides is 2. The van der Waals surface area contributed by atoms with Crippen LogP contribution in [0.1, 0.15) is 17.3 Å². The Balaban J connectivity index is 1.82. The summed E-state index contributed by atoms with van der Waals surface area (Å²) in [6, 6.07) is 19.5. The quantitative estimate of drug-likeness (QED) is 0.296. The maximum atomic E-state index is 13.2. The minimum absolute atomic E-state index is 0.00298. The van der Waals surface area contributed by atoms with E-state index in [0.717, 1.165) is 0 Å². The first kappa shape index (κ1) is 26.0. The average Bonchev–Trinajstić information content (AvgIpc) is 2.89. The first-order valence-corrected chi connectivity index (χ1v) is 13.9. The maximum absolute atomic E-state index is 13.2. The summed E-state index contributed by atoms with van der Waals surface area (Å²) in [7, 11) is -5.19. The molecule has 4 aromatic rings. The van der Waals surface area contributed by atoms with Gasteiger partial charge in [0.05, 0.1) is 35.4 Å². The van der Waals surface area contributed by atoms with Crippen molar-refractivity contribution in [2.75, 3.05) is 23.7 Å². The van der Waals surface area contributed by atoms with Crippen LogP contribution in [0.2, 0.25) is 0 Å². The zero-order valence-electron chi connectivity index (χ0n) is 20.2. The van der Waals surface area contributed by atoms with Gasteiger partial charge >= 0.3 is 0 Å². The molecule has 0 aromatic heterocycles. The van der Waals surface area contributed by atoms with E-state index in [4.69, 9.17) is 9.47 Å². The van der Waals surface area contributed by atoms with Crippen LogP contribution in [0, 0.1) is 0 Å². The Morgan fingerprint density at radius 3 is 1.59 bits per heavy atom. The van der Waals surface area contributed by atoms with Gasteiger partial charge in [-0.1, -0.05) is 24.3 Å². The molecule has 0 amide bonds. The summed E-state index contributed by atoms with van der Waals surface area (Å²) < 4.78 is 67.8. The van der Waals surface area contributed by atoms with Crippen molar-refractivity contribution in [1.82, 2.24) is 0 Å². The van der Waals surface area contributed by atoms with Crippen LogP contribution in [-0.4, -0.2) is 36.8 Å². The second-order valence-corrected chi connectivity index (χ2v) is 11.4. The Bertz CT molecular complexity index is 1680. The van der Waals surface area contributed by atoms with Crippen LogP contribution in [0.3, 0.4) is 0 Å². The maximum Gasteiger partial charge on any atom is 0.261 e. The molecular weight excluding hydrogens is 516 g/mol. The molecule has 0 radical (unpaired) electrons. The number of rotatable bonds is 9. The van der Waals surface area contributed by atoms with E-state index in [1.807, 2.05) is 0 Å². The summed E-state index contributed by atoms with van der Waals surface area (Å²) >= 11 is 0. The Labute approximate surface area is 215 Å². The lowest BCUT2D eigenvalue weighted by atomic mass is 10.0. The van der Waals surface area contributed by atoms with Crippen LogP contribution in [0.15, 0.2) is 88.7 Å². The molecule has 0 aliphatic heterocycles. The van der Waals surface area contributed by atoms with E-state index in [1.54, 1.807) is 24.3 Å². The van der Waals surface area contributed by atoms with E-state index in [2.05, 4.69) is 9.44 Å². The lowest BCUT2D eigenvalue weighted by molar-refractivity contribution is 0.101. The van der Waals surface area contributed by atoms with E-state index in [1.165, 1.54) is 75.7 Å². The summed E-state index contributed by atoms with van der Waals surface area (Å²) in [6.45, 7) is 1.27. The highest BCUT2D eigenvalue weighted by molar-refractivity contribution is 7.93. The molecule has 192 valence electrons. The van der Waals surface area contributed by atoms with Gasteiger partial charge in [-0.15, -0.1) is 0 Å². The van der Waals surface area contributed by atoms with Gasteiger partial charge in [0.25, 0.3) is 20.0 Å². The number of carbonyl (C=O) groups is 1. The van der Waals surface area contributed by atoms with Crippen LogP contribution in [0.4, 0.5) is 11.4 Å². The number of anilines is 2. The van der Waals surface area contributed by atoms with E-state index in [9.17, 15) is 21.6 Å². The summed E-state index contributed by atoms with van der Waals surface area (Å²) in [6.07, 6.45) is 0. The van der Waals surface area contributed by atoms with Crippen molar-refractivity contribution in [3.63, 3.8) is 0 Å². The number of hydrogen-bond donors (Lipinski definition) is 2. The predicted octanol–water partition coefficient (Wildman–Crippen LogP) is 4.66. The molecular formula is C26H24N2O7S2. The highest BCUT2D eigenvalue weighted by Gasteiger charge is 2.23. The Hall–Kier alpha value is -4.09. The molecule has 0 fully saturated rings. The van der Waals surface area contributed by atoms with Gasteiger partial charge in [0.2, 0.25) is 0 Å². The van der Waals surface area contributed by atoms with Gasteiger partial charge in [0.1, 0.15) is 11.5 Å². The second-order valence-electron chi connectivity index (χ2n) is 8.01. The Kier molecular flexibility index (Phi) is 7.10. The third kappa shape index (κ3) is 5.37. The molecule has 0 bridgehead atoms. The molecule has 0 spiro atoms. The molecule has 4 rings (SSSR count). The minimum Gasteiger partial charge on any atom is -0.497 e. The average molecular weight is 541 g/mol. The van der Waals surface area contributed by atoms with Crippen LogP contribution in [-0.2, 0) is 20.0 Å². The Morgan fingerprint density at radius 1 is 0.676 bits per heavy atom. The minimum atomic E-state index is -4.09. The van der Waals surface area contributed by atoms with Crippen molar-refractivity contribution in [3.05, 3.63) is 84.4 Å². The summed E-state index contributed by atoms with van der Waals surface area (Å²) in [4.78, 5) is 12.6. The lowest BCUT2D eigenvalue weighted by Gasteiger charge is -2.18. The largest absolute Gasteiger partial charge is 0.497 e. The molecule has 37 heavy (non-hydrogen) atoms. The fourth-order valence-electron chi connectivity index (χ4n) is 3.75. The predicted molar refractivity (Wildman–Crippen MR) is 142 cm³/mol. The van der Waals surface area contributed by atoms with E-state index in [-0.39, 0.29) is 26.7 Å². The summed E-state index contributed by atoms with van der Waals surface area (Å²) in [5.74, 6) is 0.530. The van der Waals surface area contributed by atoms with Crippen molar-refractivity contribution in [2.45, 2.75) is 16.7 Å². The molecule has 0 aliphatic carbocycles. The number of Topliss-reactive ketones (excluding diaryl/α,β-unsaturated/α-hetero) is 1. The van der Waals surface area contributed by atoms with Crippen molar-refractivity contribution in [1.29, 1.82) is 0 Å². The number of benzene rings is 4. The summed E-state index contributed by atoms with van der Waals surface area (Å²) in [5, 5.41) is 0.747. The van der Waals surface area contributed by atoms with Crippen molar-refractivity contribution in [2.24, 2.45) is 0 Å². The fraction of sp³-hybridized carbons (Fsp3) is 0.115. The molecule has 0 atom stereocenters. The van der Waals surface area contributed by atoms with Crippen LogP contribution >= 0.6 is 0 Å². The van der Waals surface area contributed by atoms with Gasteiger partial charge in [-0.05, 0) is 61.5 Å². The lowest BCUT2D eigenvalue weighted by Crippen LogP contribution is -2.17. The topological polar surface area (TPSA) is 128 Å². The monoisotopic (exact) mass is 540 g/mol. The third-order valence-electron chi connectivity index (χ3n) is 5.64. The molecule has 0 saturated heterocycles. The van der Waals surface area contributed by atoms with Gasteiger partial charge in [-0.2, -0.15) is 0 Å². The number of fused-ring (bicyclic) bond motifs is 1. The van der Waals surface area contributed by atoms with Gasteiger partial charge in [0, 0.05) is 16.3 Å². The second kappa shape index (κ2) is 10.1. The van der Waals surface area contributed by atoms with Crippen molar-refractivity contribution >= 4 is 48.0 Å². The molecule has 0 heterocycles. The zero-order valence-corrected chi connectivity index (χ0v) is 21.8. The SMILES string of the molecule is COc1ccc(S(=O)(=O)Nc2cc(C(C)=O)c(NS(=O)(=O)c3ccc(OC)cc3)c3ccccc23)cc1. The number of hydrogen-bond acceptors (Lipinski definition) is 7. The van der Waals surface area contributed by atoms with Crippen molar-refractivity contribution in [3.8, 4) is 11.5 Å². The number of ether oxygens (including phenoxy) is 2. The highest BCUT2D eigenvalue weighted by Crippen LogP contribution is 2.36. The van der Waals surface area contributed by atoms with Gasteiger partial charge in [0.15, 0.2) is 5.78 Å². The molecule has 0 unspecified atom stereocenters. The number of methoxy groups -OCH3 is 2. The van der Waals surface area contributed by atoms with Gasteiger partial charge in [-0.25, -0.2) is 16.8 Å². The van der Waals surface area contributed by atoms with Crippen molar-refractivity contribution < 1.29 is 31.1 Å². The number of ketones is 1. The first-order valence-electron chi connectivity index (χ1n) is 11.0. The van der Waals surface area contributed by atoms with E-state index in [0.29, 0.717) is 22.3 Å². The molecule has 0 saturated carbocycles. The molecule has 0 aliphatic rings. The Morgan fingerprint density at radius 2 is 1.14 bits per heavy atom. The van der Waals surface area contributed by atoms with Gasteiger partial charge < -0.3 is 9.47 Å². The van der Waals surface area contributed by atoms with Gasteiger partial charge in [-0.3, -0.25) is 14.2 Å². The van der Waals surface area contributed by atoms with Crippen LogP contribution in [0.25, 0.3) is 10.8 Å². The third-order valence-corrected chi connectivity index (χ3v) is 8.39. The molecule has 4 aromatic carbocycles. The van der Waals surface area contributed by atoms with E-state index >= 15 is 0 Å². The number of carbonyl (C=O) groups excluding carboxylic acids is 1. The van der Waals surface area contributed by atoms with E-state index < -0.39 is 25.8 Å². The normalized spacial score (nSPS) is 11.6. The first-order chi connectivity index (χ1) is 17.6. The van der Waals surface area contributed by atoms with Crippen LogP contribution in [0.5, 0.6) is 11.5 Å². The molecule has 11 heteroatoms. The molecule has 2 N–H and O–H groups in total. The smallest absolute Gasteiger partial charge is 0.261 e. The standard InChI is InChI=1S/C26H24N2O7S2/c1-17(29)24-16-25(27-36(30,31)20-12-8-18(34-2)9-13-20)22-6-4-5-7-23(22)26(24)28-37(32,33)21-14-10-19(35-3)11-15-21/h4-16,27-28H,1-3H3. The molecule has 9 nitrogen and oxygen atoms in total. The fourth-order valence-corrected chi connectivity index (χ4v) is 5.93. The highest BCUT2D eigenvalue weighted by atomic mass is 32.2. The summed E-state index contributed by atoms with van der Waals surface area (Å²) in [5.41, 5.74) is 0.179. The zero-order chi connectivity index (χ0) is 26.8. The number of nitrogens with one attached hydrogen (secondary N) is 2.